The van der Waals surface area contributed by atoms with Gasteiger partial charge in [-0.05, 0) is 36.1 Å². The van der Waals surface area contributed by atoms with Crippen molar-refractivity contribution in [1.29, 1.82) is 0 Å². The van der Waals surface area contributed by atoms with E-state index in [4.69, 9.17) is 11.6 Å². The van der Waals surface area contributed by atoms with E-state index in [0.717, 1.165) is 25.2 Å². The predicted molar refractivity (Wildman–Crippen MR) is 107 cm³/mol. The van der Waals surface area contributed by atoms with Gasteiger partial charge in [0.05, 0.1) is 16.3 Å². The normalized spacial score (nSPS) is 14.4. The van der Waals surface area contributed by atoms with Gasteiger partial charge >= 0.3 is 0 Å². The van der Waals surface area contributed by atoms with E-state index >= 15 is 0 Å². The zero-order chi connectivity index (χ0) is 18.5. The Morgan fingerprint density at radius 1 is 1.19 bits per heavy atom. The summed E-state index contributed by atoms with van der Waals surface area (Å²) in [6, 6.07) is 9.17. The third-order valence-electron chi connectivity index (χ3n) is 4.39. The Kier molecular flexibility index (Phi) is 6.16. The fourth-order valence-corrected chi connectivity index (χ4v) is 3.84. The van der Waals surface area contributed by atoms with Crippen LogP contribution in [0, 0.1) is 0 Å². The molecule has 2 aromatic rings. The third-order valence-corrected chi connectivity index (χ3v) is 5.49. The second kappa shape index (κ2) is 8.56. The number of hydrogen-bond acceptors (Lipinski definition) is 4. The standard InChI is InChI=1S/C19H22ClN3O2S/c1-2-4-18(24)23-10-8-22(9-11-23)16-7-6-14(20)13-15(16)21-19(25)17-5-3-12-26-17/h3,5-7,12-13H,2,4,8-11H2,1H3,(H,21,25). The molecule has 1 aliphatic rings. The lowest BCUT2D eigenvalue weighted by molar-refractivity contribution is -0.131. The van der Waals surface area contributed by atoms with Crippen LogP contribution in [0.2, 0.25) is 5.02 Å². The largest absolute Gasteiger partial charge is 0.366 e. The molecular formula is C19H22ClN3O2S. The topological polar surface area (TPSA) is 52.7 Å². The van der Waals surface area contributed by atoms with Crippen LogP contribution in [0.25, 0.3) is 0 Å². The molecule has 1 aliphatic heterocycles. The number of piperazine rings is 1. The SMILES string of the molecule is CCCC(=O)N1CCN(c2ccc(Cl)cc2NC(=O)c2cccs2)CC1. The molecule has 1 aromatic carbocycles. The summed E-state index contributed by atoms with van der Waals surface area (Å²) < 4.78 is 0. The summed E-state index contributed by atoms with van der Waals surface area (Å²) >= 11 is 7.54. The van der Waals surface area contributed by atoms with Gasteiger partial charge in [-0.25, -0.2) is 0 Å². The van der Waals surface area contributed by atoms with Gasteiger partial charge in [0, 0.05) is 37.6 Å². The molecule has 1 saturated heterocycles. The monoisotopic (exact) mass is 391 g/mol. The first-order chi connectivity index (χ1) is 12.6. The number of amides is 2. The van der Waals surface area contributed by atoms with Gasteiger partial charge in [-0.3, -0.25) is 9.59 Å². The van der Waals surface area contributed by atoms with Crippen LogP contribution >= 0.6 is 22.9 Å². The van der Waals surface area contributed by atoms with Crippen molar-refractivity contribution in [3.8, 4) is 0 Å². The van der Waals surface area contributed by atoms with Crippen LogP contribution in [0.5, 0.6) is 0 Å². The van der Waals surface area contributed by atoms with Crippen molar-refractivity contribution in [2.75, 3.05) is 36.4 Å². The minimum Gasteiger partial charge on any atom is -0.366 e. The van der Waals surface area contributed by atoms with Crippen LogP contribution in [0.4, 0.5) is 11.4 Å². The number of thiophene rings is 1. The van der Waals surface area contributed by atoms with Crippen molar-refractivity contribution in [3.05, 3.63) is 45.6 Å². The summed E-state index contributed by atoms with van der Waals surface area (Å²) in [6.07, 6.45) is 1.47. The van der Waals surface area contributed by atoms with Gasteiger partial charge < -0.3 is 15.1 Å². The van der Waals surface area contributed by atoms with Crippen LogP contribution in [0.3, 0.4) is 0 Å². The van der Waals surface area contributed by atoms with E-state index in [0.29, 0.717) is 35.1 Å². The molecule has 0 spiro atoms. The van der Waals surface area contributed by atoms with Crippen LogP contribution < -0.4 is 10.2 Å². The van der Waals surface area contributed by atoms with E-state index in [9.17, 15) is 9.59 Å². The number of carbonyl (C=O) groups excluding carboxylic acids is 2. The lowest BCUT2D eigenvalue weighted by Gasteiger charge is -2.37. The Morgan fingerprint density at radius 2 is 1.96 bits per heavy atom. The molecule has 0 radical (unpaired) electrons. The van der Waals surface area contributed by atoms with E-state index < -0.39 is 0 Å². The minimum atomic E-state index is -0.139. The number of benzene rings is 1. The highest BCUT2D eigenvalue weighted by Crippen LogP contribution is 2.31. The number of hydrogen-bond donors (Lipinski definition) is 1. The summed E-state index contributed by atoms with van der Waals surface area (Å²) in [5, 5.41) is 5.42. The van der Waals surface area contributed by atoms with Crippen molar-refractivity contribution >= 4 is 46.1 Å². The third kappa shape index (κ3) is 4.37. The second-order valence-electron chi connectivity index (χ2n) is 6.21. The molecule has 2 heterocycles. The zero-order valence-corrected chi connectivity index (χ0v) is 16.3. The predicted octanol–water partition coefficient (Wildman–Crippen LogP) is 4.10. The summed E-state index contributed by atoms with van der Waals surface area (Å²) in [5.74, 6) is 0.0785. The van der Waals surface area contributed by atoms with Crippen LogP contribution in [-0.2, 0) is 4.79 Å². The first-order valence-corrected chi connectivity index (χ1v) is 10.0. The molecule has 3 rings (SSSR count). The maximum Gasteiger partial charge on any atom is 0.265 e. The molecule has 0 atom stereocenters. The minimum absolute atomic E-state index is 0.139. The molecule has 1 aromatic heterocycles. The van der Waals surface area contributed by atoms with Gasteiger partial charge in [0.25, 0.3) is 5.91 Å². The number of halogens is 1. The molecule has 2 amide bonds. The first kappa shape index (κ1) is 18.7. The number of anilines is 2. The fourth-order valence-electron chi connectivity index (χ4n) is 3.04. The van der Waals surface area contributed by atoms with E-state index in [-0.39, 0.29) is 11.8 Å². The second-order valence-corrected chi connectivity index (χ2v) is 7.59. The maximum absolute atomic E-state index is 12.4. The van der Waals surface area contributed by atoms with Gasteiger partial charge in [-0.1, -0.05) is 24.6 Å². The number of nitrogens with one attached hydrogen (secondary N) is 1. The Bertz CT molecular complexity index is 771. The molecule has 0 unspecified atom stereocenters. The quantitative estimate of drug-likeness (QED) is 0.834. The highest BCUT2D eigenvalue weighted by atomic mass is 35.5. The van der Waals surface area contributed by atoms with Crippen molar-refractivity contribution in [1.82, 2.24) is 4.90 Å². The molecule has 7 heteroatoms. The summed E-state index contributed by atoms with van der Waals surface area (Å²) in [5.41, 5.74) is 1.63. The van der Waals surface area contributed by atoms with Crippen molar-refractivity contribution < 1.29 is 9.59 Å². The van der Waals surface area contributed by atoms with Crippen molar-refractivity contribution in [3.63, 3.8) is 0 Å². The van der Waals surface area contributed by atoms with Crippen LogP contribution in [0.15, 0.2) is 35.7 Å². The van der Waals surface area contributed by atoms with E-state index in [1.807, 2.05) is 35.4 Å². The highest BCUT2D eigenvalue weighted by molar-refractivity contribution is 7.12. The number of rotatable bonds is 5. The summed E-state index contributed by atoms with van der Waals surface area (Å²) in [6.45, 7) is 4.88. The Labute approximate surface area is 162 Å². The van der Waals surface area contributed by atoms with E-state index in [1.54, 1.807) is 12.1 Å². The van der Waals surface area contributed by atoms with Crippen LogP contribution in [-0.4, -0.2) is 42.9 Å². The smallest absolute Gasteiger partial charge is 0.265 e. The summed E-state index contributed by atoms with van der Waals surface area (Å²) in [4.78, 5) is 29.2. The number of carbonyl (C=O) groups is 2. The Balaban J connectivity index is 1.72. The average Bonchev–Trinajstić information content (AvgIpc) is 3.17. The summed E-state index contributed by atoms with van der Waals surface area (Å²) in [7, 11) is 0. The van der Waals surface area contributed by atoms with E-state index in [1.165, 1.54) is 11.3 Å². The molecule has 138 valence electrons. The molecule has 26 heavy (non-hydrogen) atoms. The lowest BCUT2D eigenvalue weighted by Crippen LogP contribution is -2.48. The molecule has 0 saturated carbocycles. The molecular weight excluding hydrogens is 370 g/mol. The highest BCUT2D eigenvalue weighted by Gasteiger charge is 2.23. The molecule has 5 nitrogen and oxygen atoms in total. The van der Waals surface area contributed by atoms with Crippen molar-refractivity contribution in [2.24, 2.45) is 0 Å². The van der Waals surface area contributed by atoms with Gasteiger partial charge in [0.15, 0.2) is 0 Å². The molecule has 0 aliphatic carbocycles. The van der Waals surface area contributed by atoms with E-state index in [2.05, 4.69) is 10.2 Å². The first-order valence-electron chi connectivity index (χ1n) is 8.75. The van der Waals surface area contributed by atoms with Crippen LogP contribution in [0.1, 0.15) is 29.4 Å². The fraction of sp³-hybridized carbons (Fsp3) is 0.368. The Morgan fingerprint density at radius 3 is 2.62 bits per heavy atom. The molecule has 1 fully saturated rings. The average molecular weight is 392 g/mol. The maximum atomic E-state index is 12.4. The lowest BCUT2D eigenvalue weighted by atomic mass is 10.2. The zero-order valence-electron chi connectivity index (χ0n) is 14.7. The molecule has 0 bridgehead atoms. The van der Waals surface area contributed by atoms with Gasteiger partial charge in [0.1, 0.15) is 0 Å². The van der Waals surface area contributed by atoms with Gasteiger partial charge in [-0.2, -0.15) is 0 Å². The van der Waals surface area contributed by atoms with Gasteiger partial charge in [0.2, 0.25) is 5.91 Å². The molecule has 1 N–H and O–H groups in total. The Hall–Kier alpha value is -2.05. The van der Waals surface area contributed by atoms with Crippen molar-refractivity contribution in [2.45, 2.75) is 19.8 Å². The number of nitrogens with zero attached hydrogens (tertiary/aromatic N) is 2. The van der Waals surface area contributed by atoms with Gasteiger partial charge in [-0.15, -0.1) is 11.3 Å².